The van der Waals surface area contributed by atoms with E-state index in [1.54, 1.807) is 23.2 Å². The number of carbonyl (C=O) groups excluding carboxylic acids is 1. The van der Waals surface area contributed by atoms with E-state index in [2.05, 4.69) is 18.3 Å². The van der Waals surface area contributed by atoms with Gasteiger partial charge in [0.05, 0.1) is 25.4 Å². The molecule has 1 aliphatic heterocycles. The number of aliphatic hydroxyl groups is 1. The van der Waals surface area contributed by atoms with Gasteiger partial charge in [-0.3, -0.25) is 0 Å². The summed E-state index contributed by atoms with van der Waals surface area (Å²) < 4.78 is 5.42. The number of aliphatic hydroxyl groups excluding tert-OH is 1. The van der Waals surface area contributed by atoms with Crippen LogP contribution in [0.3, 0.4) is 0 Å². The molecule has 118 valence electrons. The number of hydrogen-bond acceptors (Lipinski definition) is 4. The quantitative estimate of drug-likeness (QED) is 0.874. The Morgan fingerprint density at radius 2 is 2.43 bits per heavy atom. The lowest BCUT2D eigenvalue weighted by molar-refractivity contribution is -0.00432. The zero-order valence-corrected chi connectivity index (χ0v) is 13.4. The minimum Gasteiger partial charge on any atom is -0.393 e. The van der Waals surface area contributed by atoms with Crippen LogP contribution in [0.1, 0.15) is 31.1 Å². The van der Waals surface area contributed by atoms with Crippen molar-refractivity contribution in [3.8, 4) is 0 Å². The SMILES string of the molecule is C[C@H](O)C[C@H]1COCCN1C(=O)NC[C@@H](C)c1cccs1. The van der Waals surface area contributed by atoms with Crippen LogP contribution in [0.25, 0.3) is 0 Å². The van der Waals surface area contributed by atoms with Crippen LogP contribution in [0.15, 0.2) is 17.5 Å². The first-order valence-electron chi connectivity index (χ1n) is 7.41. The molecule has 1 aliphatic rings. The smallest absolute Gasteiger partial charge is 0.317 e. The van der Waals surface area contributed by atoms with Gasteiger partial charge in [-0.2, -0.15) is 0 Å². The monoisotopic (exact) mass is 312 g/mol. The lowest BCUT2D eigenvalue weighted by atomic mass is 10.1. The summed E-state index contributed by atoms with van der Waals surface area (Å²) in [7, 11) is 0. The number of nitrogens with zero attached hydrogens (tertiary/aromatic N) is 1. The maximum Gasteiger partial charge on any atom is 0.317 e. The molecule has 3 atom stereocenters. The van der Waals surface area contributed by atoms with Crippen LogP contribution < -0.4 is 5.32 Å². The van der Waals surface area contributed by atoms with Crippen LogP contribution in [0.4, 0.5) is 4.79 Å². The van der Waals surface area contributed by atoms with Gasteiger partial charge < -0.3 is 20.1 Å². The Morgan fingerprint density at radius 3 is 3.10 bits per heavy atom. The lowest BCUT2D eigenvalue weighted by Gasteiger charge is -2.36. The Morgan fingerprint density at radius 1 is 1.62 bits per heavy atom. The number of rotatable bonds is 5. The molecule has 2 heterocycles. The van der Waals surface area contributed by atoms with E-state index in [9.17, 15) is 9.90 Å². The van der Waals surface area contributed by atoms with Gasteiger partial charge in [-0.05, 0) is 24.8 Å². The predicted octanol–water partition coefficient (Wildman–Crippen LogP) is 2.03. The second-order valence-corrected chi connectivity index (χ2v) is 6.59. The van der Waals surface area contributed by atoms with Crippen LogP contribution in [0.2, 0.25) is 0 Å². The normalized spacial score (nSPS) is 21.9. The van der Waals surface area contributed by atoms with Crippen LogP contribution >= 0.6 is 11.3 Å². The first kappa shape index (κ1) is 16.3. The van der Waals surface area contributed by atoms with Crippen molar-refractivity contribution in [2.75, 3.05) is 26.3 Å². The fraction of sp³-hybridized carbons (Fsp3) is 0.667. The minimum absolute atomic E-state index is 0.0456. The fourth-order valence-electron chi connectivity index (χ4n) is 2.53. The molecular formula is C15H24N2O3S. The lowest BCUT2D eigenvalue weighted by Crippen LogP contribution is -2.53. The Balaban J connectivity index is 1.85. The second-order valence-electron chi connectivity index (χ2n) is 5.61. The summed E-state index contributed by atoms with van der Waals surface area (Å²) in [5.74, 6) is 0.310. The van der Waals surface area contributed by atoms with Crippen molar-refractivity contribution in [1.82, 2.24) is 10.2 Å². The Hall–Kier alpha value is -1.11. The first-order chi connectivity index (χ1) is 10.1. The number of thiophene rings is 1. The molecule has 1 aromatic heterocycles. The predicted molar refractivity (Wildman–Crippen MR) is 83.7 cm³/mol. The molecule has 0 aliphatic carbocycles. The number of morpholine rings is 1. The molecule has 0 aromatic carbocycles. The number of carbonyl (C=O) groups is 1. The zero-order valence-electron chi connectivity index (χ0n) is 12.6. The van der Waals surface area contributed by atoms with Gasteiger partial charge in [0.25, 0.3) is 0 Å². The average Bonchev–Trinajstić information content (AvgIpc) is 2.98. The molecule has 1 fully saturated rings. The summed E-state index contributed by atoms with van der Waals surface area (Å²) in [5.41, 5.74) is 0. The van der Waals surface area contributed by atoms with Gasteiger partial charge in [0.2, 0.25) is 0 Å². The molecule has 2 amide bonds. The van der Waals surface area contributed by atoms with Crippen LogP contribution in [0.5, 0.6) is 0 Å². The molecular weight excluding hydrogens is 288 g/mol. The van der Waals surface area contributed by atoms with Crippen molar-refractivity contribution < 1.29 is 14.6 Å². The minimum atomic E-state index is -0.433. The third-order valence-corrected chi connectivity index (χ3v) is 4.79. The van der Waals surface area contributed by atoms with E-state index in [1.165, 1.54) is 4.88 Å². The van der Waals surface area contributed by atoms with Gasteiger partial charge in [0.1, 0.15) is 0 Å². The van der Waals surface area contributed by atoms with Crippen molar-refractivity contribution >= 4 is 17.4 Å². The van der Waals surface area contributed by atoms with Gasteiger partial charge in [-0.1, -0.05) is 13.0 Å². The van der Waals surface area contributed by atoms with Gasteiger partial charge in [-0.25, -0.2) is 4.79 Å². The van der Waals surface area contributed by atoms with Crippen molar-refractivity contribution in [2.24, 2.45) is 0 Å². The number of amides is 2. The molecule has 6 heteroatoms. The Labute approximate surface area is 129 Å². The largest absolute Gasteiger partial charge is 0.393 e. The molecule has 0 radical (unpaired) electrons. The Kier molecular flexibility index (Phi) is 6.02. The molecule has 1 saturated heterocycles. The van der Waals surface area contributed by atoms with E-state index in [4.69, 9.17) is 4.74 Å². The third kappa shape index (κ3) is 4.69. The highest BCUT2D eigenvalue weighted by Crippen LogP contribution is 2.20. The van der Waals surface area contributed by atoms with E-state index in [0.29, 0.717) is 38.6 Å². The standard InChI is InChI=1S/C15H24N2O3S/c1-11(14-4-3-7-21-14)9-16-15(19)17-5-6-20-10-13(17)8-12(2)18/h3-4,7,11-13,18H,5-6,8-10H2,1-2H3,(H,16,19)/t11-,12+,13+/m1/s1. The van der Waals surface area contributed by atoms with E-state index >= 15 is 0 Å². The van der Waals surface area contributed by atoms with Crippen LogP contribution in [-0.2, 0) is 4.74 Å². The highest BCUT2D eigenvalue weighted by molar-refractivity contribution is 7.10. The van der Waals surface area contributed by atoms with Gasteiger partial charge in [-0.15, -0.1) is 11.3 Å². The topological polar surface area (TPSA) is 61.8 Å². The van der Waals surface area contributed by atoms with E-state index in [0.717, 1.165) is 0 Å². The summed E-state index contributed by atoms with van der Waals surface area (Å²) in [4.78, 5) is 15.4. The van der Waals surface area contributed by atoms with E-state index in [-0.39, 0.29) is 12.1 Å². The highest BCUT2D eigenvalue weighted by Gasteiger charge is 2.28. The van der Waals surface area contributed by atoms with Crippen LogP contribution in [0, 0.1) is 0 Å². The second kappa shape index (κ2) is 7.77. The first-order valence-corrected chi connectivity index (χ1v) is 8.29. The highest BCUT2D eigenvalue weighted by atomic mass is 32.1. The number of nitrogens with one attached hydrogen (secondary N) is 1. The van der Waals surface area contributed by atoms with Gasteiger partial charge in [0, 0.05) is 23.9 Å². The van der Waals surface area contributed by atoms with Crippen molar-refractivity contribution in [1.29, 1.82) is 0 Å². The third-order valence-electron chi connectivity index (χ3n) is 3.69. The molecule has 1 aromatic rings. The molecule has 0 unspecified atom stereocenters. The maximum atomic E-state index is 12.3. The number of urea groups is 1. The summed E-state index contributed by atoms with van der Waals surface area (Å²) in [6.45, 7) is 6.11. The molecule has 2 rings (SSSR count). The molecule has 0 bridgehead atoms. The van der Waals surface area contributed by atoms with Crippen molar-refractivity contribution in [3.05, 3.63) is 22.4 Å². The van der Waals surface area contributed by atoms with Crippen molar-refractivity contribution in [2.45, 2.75) is 38.3 Å². The maximum absolute atomic E-state index is 12.3. The fourth-order valence-corrected chi connectivity index (χ4v) is 3.31. The molecule has 5 nitrogen and oxygen atoms in total. The van der Waals surface area contributed by atoms with Crippen molar-refractivity contribution in [3.63, 3.8) is 0 Å². The summed E-state index contributed by atoms with van der Waals surface area (Å²) in [6.07, 6.45) is 0.116. The number of ether oxygens (including phenoxy) is 1. The zero-order chi connectivity index (χ0) is 15.2. The van der Waals surface area contributed by atoms with Gasteiger partial charge in [0.15, 0.2) is 0 Å². The molecule has 21 heavy (non-hydrogen) atoms. The van der Waals surface area contributed by atoms with E-state index in [1.807, 2.05) is 11.4 Å². The molecule has 0 saturated carbocycles. The summed E-state index contributed by atoms with van der Waals surface area (Å²) in [6, 6.07) is 4.01. The number of hydrogen-bond donors (Lipinski definition) is 2. The average molecular weight is 312 g/mol. The summed E-state index contributed by atoms with van der Waals surface area (Å²) >= 11 is 1.71. The Bertz CT molecular complexity index is 436. The van der Waals surface area contributed by atoms with Crippen LogP contribution in [-0.4, -0.2) is 54.5 Å². The summed E-state index contributed by atoms with van der Waals surface area (Å²) in [5, 5.41) is 14.6. The van der Waals surface area contributed by atoms with Gasteiger partial charge >= 0.3 is 6.03 Å². The molecule has 2 N–H and O–H groups in total. The van der Waals surface area contributed by atoms with E-state index < -0.39 is 6.10 Å². The molecule has 0 spiro atoms.